The van der Waals surface area contributed by atoms with Crippen molar-refractivity contribution >= 4 is 17.4 Å². The molecule has 1 amide bonds. The van der Waals surface area contributed by atoms with Gasteiger partial charge in [-0.1, -0.05) is 0 Å². The Labute approximate surface area is 200 Å². The van der Waals surface area contributed by atoms with Crippen LogP contribution in [0.15, 0.2) is 85.2 Å². The van der Waals surface area contributed by atoms with Crippen LogP contribution in [0.1, 0.15) is 21.5 Å². The van der Waals surface area contributed by atoms with Crippen molar-refractivity contribution in [2.45, 2.75) is 13.2 Å². The van der Waals surface area contributed by atoms with E-state index in [0.717, 1.165) is 11.1 Å². The lowest BCUT2D eigenvalue weighted by Crippen LogP contribution is -2.23. The molecule has 2 aromatic carbocycles. The highest BCUT2D eigenvalue weighted by molar-refractivity contribution is 5.93. The third-order valence-electron chi connectivity index (χ3n) is 4.90. The van der Waals surface area contributed by atoms with Gasteiger partial charge < -0.3 is 20.5 Å². The fourth-order valence-corrected chi connectivity index (χ4v) is 3.07. The molecule has 0 aliphatic heterocycles. The van der Waals surface area contributed by atoms with Crippen molar-refractivity contribution in [2.75, 3.05) is 5.73 Å². The van der Waals surface area contributed by atoms with E-state index in [1.165, 1.54) is 18.3 Å². The average Bonchev–Trinajstić information content (AvgIpc) is 2.87. The predicted molar refractivity (Wildman–Crippen MR) is 128 cm³/mol. The summed E-state index contributed by atoms with van der Waals surface area (Å²) in [6.07, 6.45) is 3.02. The summed E-state index contributed by atoms with van der Waals surface area (Å²) in [7, 11) is 0. The third-order valence-corrected chi connectivity index (χ3v) is 4.90. The number of nitrogen functional groups attached to an aromatic ring is 1. The zero-order valence-electron chi connectivity index (χ0n) is 18.5. The fourth-order valence-electron chi connectivity index (χ4n) is 3.07. The van der Waals surface area contributed by atoms with E-state index < -0.39 is 4.92 Å². The van der Waals surface area contributed by atoms with Gasteiger partial charge in [0.15, 0.2) is 0 Å². The Morgan fingerprint density at radius 3 is 2.34 bits per heavy atom. The summed E-state index contributed by atoms with van der Waals surface area (Å²) < 4.78 is 11.4. The van der Waals surface area contributed by atoms with Crippen LogP contribution in [-0.2, 0) is 13.2 Å². The van der Waals surface area contributed by atoms with E-state index in [9.17, 15) is 14.9 Å². The molecule has 2 heterocycles. The number of hydrogen-bond donors (Lipinski definition) is 2. The molecule has 0 saturated heterocycles. The van der Waals surface area contributed by atoms with Gasteiger partial charge in [0, 0.05) is 37.1 Å². The molecular weight excluding hydrogens is 450 g/mol. The van der Waals surface area contributed by atoms with E-state index in [0.29, 0.717) is 35.3 Å². The predicted octanol–water partition coefficient (Wildman–Crippen LogP) is 4.27. The SMILES string of the molecule is Nc1cc(CNC(=O)c2ccc(Oc3ccc(OCc4ccc([N+](=O)[O-])cc4)cc3)nc2)ccn1. The summed E-state index contributed by atoms with van der Waals surface area (Å²) in [5.74, 6) is 1.63. The van der Waals surface area contributed by atoms with E-state index in [2.05, 4.69) is 15.3 Å². The van der Waals surface area contributed by atoms with E-state index in [1.54, 1.807) is 66.9 Å². The average molecular weight is 471 g/mol. The van der Waals surface area contributed by atoms with Crippen molar-refractivity contribution in [3.05, 3.63) is 112 Å². The number of nitrogens with two attached hydrogens (primary N) is 1. The number of nitrogens with one attached hydrogen (secondary N) is 1. The summed E-state index contributed by atoms with van der Waals surface area (Å²) in [5, 5.41) is 13.5. The summed E-state index contributed by atoms with van der Waals surface area (Å²) in [5.41, 5.74) is 7.74. The van der Waals surface area contributed by atoms with Crippen LogP contribution in [-0.4, -0.2) is 20.8 Å². The molecule has 35 heavy (non-hydrogen) atoms. The van der Waals surface area contributed by atoms with Crippen molar-refractivity contribution in [2.24, 2.45) is 0 Å². The highest BCUT2D eigenvalue weighted by Gasteiger charge is 2.08. The number of hydrogen-bond acceptors (Lipinski definition) is 8. The monoisotopic (exact) mass is 471 g/mol. The van der Waals surface area contributed by atoms with Gasteiger partial charge in [-0.15, -0.1) is 0 Å². The van der Waals surface area contributed by atoms with Crippen LogP contribution in [0.3, 0.4) is 0 Å². The molecule has 10 heteroatoms. The first-order valence-electron chi connectivity index (χ1n) is 10.5. The first kappa shape index (κ1) is 23.2. The number of nitrogens with zero attached hydrogens (tertiary/aromatic N) is 3. The largest absolute Gasteiger partial charge is 0.489 e. The molecule has 4 rings (SSSR count). The van der Waals surface area contributed by atoms with Crippen molar-refractivity contribution in [3.63, 3.8) is 0 Å². The molecule has 0 aliphatic rings. The first-order valence-corrected chi connectivity index (χ1v) is 10.5. The number of benzene rings is 2. The van der Waals surface area contributed by atoms with Crippen molar-refractivity contribution < 1.29 is 19.2 Å². The quantitative estimate of drug-likeness (QED) is 0.272. The maximum absolute atomic E-state index is 12.3. The summed E-state index contributed by atoms with van der Waals surface area (Å²) >= 11 is 0. The molecule has 0 fully saturated rings. The fraction of sp³-hybridized carbons (Fsp3) is 0.0800. The Morgan fingerprint density at radius 1 is 0.943 bits per heavy atom. The molecule has 0 bridgehead atoms. The number of aromatic nitrogens is 2. The highest BCUT2D eigenvalue weighted by Crippen LogP contribution is 2.23. The van der Waals surface area contributed by atoms with Gasteiger partial charge in [-0.05, 0) is 65.7 Å². The topological polar surface area (TPSA) is 142 Å². The lowest BCUT2D eigenvalue weighted by molar-refractivity contribution is -0.384. The number of amides is 1. The number of non-ortho nitro benzene ring substituents is 1. The Balaban J connectivity index is 1.27. The number of nitro benzene ring substituents is 1. The Kier molecular flexibility index (Phi) is 7.12. The number of carbonyl (C=O) groups is 1. The van der Waals surface area contributed by atoms with Crippen LogP contribution in [0.25, 0.3) is 0 Å². The van der Waals surface area contributed by atoms with Gasteiger partial charge in [0.2, 0.25) is 5.88 Å². The number of rotatable bonds is 9. The van der Waals surface area contributed by atoms with Gasteiger partial charge in [0.25, 0.3) is 11.6 Å². The molecule has 10 nitrogen and oxygen atoms in total. The second kappa shape index (κ2) is 10.8. The van der Waals surface area contributed by atoms with Crippen molar-refractivity contribution in [1.29, 1.82) is 0 Å². The van der Waals surface area contributed by atoms with Crippen LogP contribution in [0, 0.1) is 10.1 Å². The zero-order chi connectivity index (χ0) is 24.6. The standard InChI is InChI=1S/C25H21N5O5/c26-23-13-18(11-12-27-23)14-29-25(31)19-3-10-24(28-15-19)35-22-8-6-21(7-9-22)34-16-17-1-4-20(5-2-17)30(32)33/h1-13,15H,14,16H2,(H2,26,27)(H,29,31). The highest BCUT2D eigenvalue weighted by atomic mass is 16.6. The smallest absolute Gasteiger partial charge is 0.269 e. The van der Waals surface area contributed by atoms with Crippen molar-refractivity contribution in [1.82, 2.24) is 15.3 Å². The van der Waals surface area contributed by atoms with Crippen LogP contribution in [0.4, 0.5) is 11.5 Å². The number of ether oxygens (including phenoxy) is 2. The number of nitro groups is 1. The minimum Gasteiger partial charge on any atom is -0.489 e. The van der Waals surface area contributed by atoms with Crippen LogP contribution >= 0.6 is 0 Å². The van der Waals surface area contributed by atoms with Crippen LogP contribution in [0.5, 0.6) is 17.4 Å². The lowest BCUT2D eigenvalue weighted by Gasteiger charge is -2.09. The van der Waals surface area contributed by atoms with Gasteiger partial charge in [-0.3, -0.25) is 14.9 Å². The summed E-state index contributed by atoms with van der Waals surface area (Å²) in [4.78, 5) is 30.7. The van der Waals surface area contributed by atoms with Gasteiger partial charge in [0.05, 0.1) is 10.5 Å². The summed E-state index contributed by atoms with van der Waals surface area (Å²) in [6.45, 7) is 0.597. The maximum atomic E-state index is 12.3. The van der Waals surface area contributed by atoms with E-state index in [-0.39, 0.29) is 18.2 Å². The number of anilines is 1. The minimum atomic E-state index is -0.443. The molecule has 2 aromatic heterocycles. The van der Waals surface area contributed by atoms with E-state index in [1.807, 2.05) is 0 Å². The number of pyridine rings is 2. The van der Waals surface area contributed by atoms with Gasteiger partial charge in [-0.25, -0.2) is 9.97 Å². The Morgan fingerprint density at radius 2 is 1.69 bits per heavy atom. The molecular formula is C25H21N5O5. The van der Waals surface area contributed by atoms with Crippen LogP contribution < -0.4 is 20.5 Å². The normalized spacial score (nSPS) is 10.4. The minimum absolute atomic E-state index is 0.0353. The third kappa shape index (κ3) is 6.51. The Hall–Kier alpha value is -4.99. The lowest BCUT2D eigenvalue weighted by atomic mass is 10.2. The maximum Gasteiger partial charge on any atom is 0.269 e. The first-order chi connectivity index (χ1) is 17.0. The molecule has 3 N–H and O–H groups in total. The molecule has 0 spiro atoms. The molecule has 4 aromatic rings. The molecule has 176 valence electrons. The van der Waals surface area contributed by atoms with Gasteiger partial charge in [0.1, 0.15) is 23.9 Å². The molecule has 0 atom stereocenters. The summed E-state index contributed by atoms with van der Waals surface area (Å²) in [6, 6.07) is 19.8. The molecule has 0 aliphatic carbocycles. The second-order valence-electron chi connectivity index (χ2n) is 7.44. The van der Waals surface area contributed by atoms with Crippen LogP contribution in [0.2, 0.25) is 0 Å². The van der Waals surface area contributed by atoms with Gasteiger partial charge >= 0.3 is 0 Å². The van der Waals surface area contributed by atoms with Crippen molar-refractivity contribution in [3.8, 4) is 17.4 Å². The number of carbonyl (C=O) groups excluding carboxylic acids is 1. The Bertz CT molecular complexity index is 1310. The van der Waals surface area contributed by atoms with E-state index >= 15 is 0 Å². The zero-order valence-corrected chi connectivity index (χ0v) is 18.5. The second-order valence-corrected chi connectivity index (χ2v) is 7.44. The molecule has 0 unspecified atom stereocenters. The van der Waals surface area contributed by atoms with Gasteiger partial charge in [-0.2, -0.15) is 0 Å². The molecule has 0 radical (unpaired) electrons. The van der Waals surface area contributed by atoms with E-state index in [4.69, 9.17) is 15.2 Å². The molecule has 0 saturated carbocycles.